The molecule has 0 saturated heterocycles. The highest BCUT2D eigenvalue weighted by atomic mass is 35.5. The molecule has 0 radical (unpaired) electrons. The van der Waals surface area contributed by atoms with E-state index in [2.05, 4.69) is 4.98 Å². The number of aryl methyl sites for hydroxylation is 1. The van der Waals surface area contributed by atoms with Crippen molar-refractivity contribution in [3.8, 4) is 0 Å². The Hall–Kier alpha value is -2.18. The van der Waals surface area contributed by atoms with Crippen molar-refractivity contribution in [3.63, 3.8) is 0 Å². The van der Waals surface area contributed by atoms with Crippen molar-refractivity contribution in [1.29, 1.82) is 0 Å². The third-order valence-electron chi connectivity index (χ3n) is 3.07. The summed E-state index contributed by atoms with van der Waals surface area (Å²) >= 11 is 7.30. The summed E-state index contributed by atoms with van der Waals surface area (Å²) in [4.78, 5) is 28.9. The van der Waals surface area contributed by atoms with Crippen LogP contribution in [0.15, 0.2) is 40.5 Å². The smallest absolute Gasteiger partial charge is 0.340 e. The number of aromatic nitrogens is 2. The van der Waals surface area contributed by atoms with Crippen LogP contribution in [0.2, 0.25) is 5.02 Å². The molecule has 0 atom stereocenters. The number of esters is 1. The molecule has 2 aromatic heterocycles. The van der Waals surface area contributed by atoms with Gasteiger partial charge < -0.3 is 4.74 Å². The molecule has 0 bridgehead atoms. The van der Waals surface area contributed by atoms with Crippen LogP contribution in [0.1, 0.15) is 21.7 Å². The van der Waals surface area contributed by atoms with Gasteiger partial charge in [-0.25, -0.2) is 9.78 Å². The van der Waals surface area contributed by atoms with E-state index < -0.39 is 5.97 Å². The number of carbonyl (C=O) groups excluding carboxylic acids is 1. The van der Waals surface area contributed by atoms with Gasteiger partial charge in [0.05, 0.1) is 16.3 Å². The van der Waals surface area contributed by atoms with Gasteiger partial charge in [-0.15, -0.1) is 11.3 Å². The molecule has 1 aromatic carbocycles. The van der Waals surface area contributed by atoms with Gasteiger partial charge in [0.2, 0.25) is 0 Å². The van der Waals surface area contributed by atoms with Crippen LogP contribution in [-0.2, 0) is 11.3 Å². The molecule has 0 aliphatic heterocycles. The highest BCUT2D eigenvalue weighted by molar-refractivity contribution is 7.15. The van der Waals surface area contributed by atoms with E-state index in [0.717, 1.165) is 5.69 Å². The van der Waals surface area contributed by atoms with Gasteiger partial charge in [-0.05, 0) is 19.1 Å². The second-order valence-electron chi connectivity index (χ2n) is 4.64. The monoisotopic (exact) mass is 334 g/mol. The first-order chi connectivity index (χ1) is 10.6. The number of hydrogen-bond acceptors (Lipinski definition) is 5. The van der Waals surface area contributed by atoms with Crippen molar-refractivity contribution in [3.05, 3.63) is 68.0 Å². The molecule has 0 N–H and O–H groups in total. The fraction of sp³-hybridized carbons (Fsp3) is 0.133. The lowest BCUT2D eigenvalue weighted by Crippen LogP contribution is -2.16. The summed E-state index contributed by atoms with van der Waals surface area (Å²) < 4.78 is 6.69. The first-order valence-electron chi connectivity index (χ1n) is 6.44. The van der Waals surface area contributed by atoms with Crippen LogP contribution in [0.25, 0.3) is 4.96 Å². The number of ether oxygens (including phenoxy) is 1. The summed E-state index contributed by atoms with van der Waals surface area (Å²) in [6, 6.07) is 8.00. The average molecular weight is 335 g/mol. The molecule has 3 rings (SSSR count). The molecule has 0 amide bonds. The minimum absolute atomic E-state index is 0.0766. The number of hydrogen-bond donors (Lipinski definition) is 0. The summed E-state index contributed by atoms with van der Waals surface area (Å²) in [7, 11) is 0. The largest absolute Gasteiger partial charge is 0.456 e. The van der Waals surface area contributed by atoms with Crippen LogP contribution in [0.3, 0.4) is 0 Å². The number of nitrogens with zero attached hydrogens (tertiary/aromatic N) is 2. The van der Waals surface area contributed by atoms with E-state index in [0.29, 0.717) is 15.7 Å². The van der Waals surface area contributed by atoms with E-state index in [-0.39, 0.29) is 17.7 Å². The first kappa shape index (κ1) is 14.7. The second kappa shape index (κ2) is 5.90. The van der Waals surface area contributed by atoms with Crippen molar-refractivity contribution in [1.82, 2.24) is 9.38 Å². The van der Waals surface area contributed by atoms with Crippen LogP contribution < -0.4 is 5.56 Å². The molecule has 0 spiro atoms. The van der Waals surface area contributed by atoms with Gasteiger partial charge in [-0.3, -0.25) is 9.20 Å². The molecule has 0 fully saturated rings. The van der Waals surface area contributed by atoms with Crippen molar-refractivity contribution in [2.75, 3.05) is 0 Å². The Kier molecular flexibility index (Phi) is 3.96. The molecular weight excluding hydrogens is 324 g/mol. The van der Waals surface area contributed by atoms with Gasteiger partial charge in [-0.2, -0.15) is 0 Å². The zero-order valence-corrected chi connectivity index (χ0v) is 13.1. The molecule has 0 saturated carbocycles. The standard InChI is InChI=1S/C15H11ClN2O3S/c1-9-8-22-15-17-10(6-13(19)18(9)15)7-21-14(20)11-4-2-3-5-12(11)16/h2-6,8H,7H2,1H3. The highest BCUT2D eigenvalue weighted by Crippen LogP contribution is 2.17. The lowest BCUT2D eigenvalue weighted by Gasteiger charge is -2.06. The Morgan fingerprint density at radius 2 is 2.18 bits per heavy atom. The molecular formula is C15H11ClN2O3S. The van der Waals surface area contributed by atoms with Crippen LogP contribution >= 0.6 is 22.9 Å². The molecule has 22 heavy (non-hydrogen) atoms. The topological polar surface area (TPSA) is 60.7 Å². The number of thiazole rings is 1. The predicted molar refractivity (Wildman–Crippen MR) is 84.6 cm³/mol. The molecule has 7 heteroatoms. The Balaban J connectivity index is 1.81. The lowest BCUT2D eigenvalue weighted by molar-refractivity contribution is 0.0468. The van der Waals surface area contributed by atoms with Gasteiger partial charge in [0.25, 0.3) is 5.56 Å². The maximum absolute atomic E-state index is 12.0. The van der Waals surface area contributed by atoms with Gasteiger partial charge in [0, 0.05) is 17.1 Å². The summed E-state index contributed by atoms with van der Waals surface area (Å²) in [5.74, 6) is -0.546. The van der Waals surface area contributed by atoms with E-state index in [1.807, 2.05) is 12.3 Å². The van der Waals surface area contributed by atoms with Crippen molar-refractivity contribution < 1.29 is 9.53 Å². The Morgan fingerprint density at radius 3 is 2.95 bits per heavy atom. The lowest BCUT2D eigenvalue weighted by atomic mass is 10.2. The Labute approximate surface area is 134 Å². The maximum Gasteiger partial charge on any atom is 0.340 e. The minimum atomic E-state index is -0.546. The first-order valence-corrected chi connectivity index (χ1v) is 7.70. The molecule has 112 valence electrons. The van der Waals surface area contributed by atoms with Crippen molar-refractivity contribution in [2.24, 2.45) is 0 Å². The molecule has 2 heterocycles. The zero-order valence-electron chi connectivity index (χ0n) is 11.6. The van der Waals surface area contributed by atoms with Gasteiger partial charge in [-0.1, -0.05) is 23.7 Å². The third kappa shape index (κ3) is 2.75. The highest BCUT2D eigenvalue weighted by Gasteiger charge is 2.13. The van der Waals surface area contributed by atoms with E-state index in [1.54, 1.807) is 24.3 Å². The van der Waals surface area contributed by atoms with Crippen LogP contribution in [0.4, 0.5) is 0 Å². The van der Waals surface area contributed by atoms with Gasteiger partial charge >= 0.3 is 5.97 Å². The summed E-state index contributed by atoms with van der Waals surface area (Å²) in [6.45, 7) is 1.76. The predicted octanol–water partition coefficient (Wildman–Crippen LogP) is 3.07. The number of benzene rings is 1. The summed E-state index contributed by atoms with van der Waals surface area (Å²) in [5.41, 5.74) is 1.34. The van der Waals surface area contributed by atoms with Crippen LogP contribution in [0, 0.1) is 6.92 Å². The maximum atomic E-state index is 12.0. The molecule has 0 aliphatic carbocycles. The number of fused-ring (bicyclic) bond motifs is 1. The van der Waals surface area contributed by atoms with Crippen molar-refractivity contribution in [2.45, 2.75) is 13.5 Å². The van der Waals surface area contributed by atoms with Gasteiger partial charge in [0.1, 0.15) is 6.61 Å². The Bertz CT molecular complexity index is 917. The van der Waals surface area contributed by atoms with E-state index in [9.17, 15) is 9.59 Å². The third-order valence-corrected chi connectivity index (χ3v) is 4.35. The fourth-order valence-corrected chi connectivity index (χ4v) is 3.12. The second-order valence-corrected chi connectivity index (χ2v) is 5.88. The molecule has 0 unspecified atom stereocenters. The van der Waals surface area contributed by atoms with E-state index in [1.165, 1.54) is 21.8 Å². The minimum Gasteiger partial charge on any atom is -0.456 e. The Morgan fingerprint density at radius 1 is 1.41 bits per heavy atom. The molecule has 0 aliphatic rings. The summed E-state index contributed by atoms with van der Waals surface area (Å²) in [6.07, 6.45) is 0. The van der Waals surface area contributed by atoms with E-state index in [4.69, 9.17) is 16.3 Å². The van der Waals surface area contributed by atoms with E-state index >= 15 is 0 Å². The number of carbonyl (C=O) groups is 1. The molecule has 3 aromatic rings. The number of rotatable bonds is 3. The van der Waals surface area contributed by atoms with Crippen molar-refractivity contribution >= 4 is 33.9 Å². The average Bonchev–Trinajstić information content (AvgIpc) is 2.87. The summed E-state index contributed by atoms with van der Waals surface area (Å²) in [5, 5.41) is 2.17. The zero-order chi connectivity index (χ0) is 15.7. The quantitative estimate of drug-likeness (QED) is 0.691. The number of halogens is 1. The van der Waals surface area contributed by atoms with Crippen LogP contribution in [-0.4, -0.2) is 15.4 Å². The SMILES string of the molecule is Cc1csc2nc(COC(=O)c3ccccc3Cl)cc(=O)n12. The fourth-order valence-electron chi connectivity index (χ4n) is 2.02. The van der Waals surface area contributed by atoms with Gasteiger partial charge in [0.15, 0.2) is 4.96 Å². The molecule has 5 nitrogen and oxygen atoms in total. The normalized spacial score (nSPS) is 10.8. The van der Waals surface area contributed by atoms with Crippen LogP contribution in [0.5, 0.6) is 0 Å².